The number of aromatic nitrogens is 1. The van der Waals surface area contributed by atoms with Gasteiger partial charge in [-0.1, -0.05) is 5.16 Å². The summed E-state index contributed by atoms with van der Waals surface area (Å²) < 4.78 is 0.0818. The van der Waals surface area contributed by atoms with Gasteiger partial charge in [-0.05, 0) is 19.9 Å². The van der Waals surface area contributed by atoms with Gasteiger partial charge in [0.2, 0.25) is 0 Å². The summed E-state index contributed by atoms with van der Waals surface area (Å²) in [6.07, 6.45) is 0. The van der Waals surface area contributed by atoms with Crippen molar-refractivity contribution in [2.24, 2.45) is 10.9 Å². The van der Waals surface area contributed by atoms with Gasteiger partial charge in [0.05, 0.1) is 4.92 Å². The number of oxime groups is 1. The van der Waals surface area contributed by atoms with Crippen LogP contribution in [0, 0.1) is 10.1 Å². The lowest BCUT2D eigenvalue weighted by Gasteiger charge is -2.38. The van der Waals surface area contributed by atoms with Gasteiger partial charge in [0, 0.05) is 29.7 Å². The standard InChI is InChI=1S/C12H17N5O3S/c1-12(2)7-16(5-6-21-12)9-4-3-8(17(19)20)10(14-9)11(13)15-18/h3-4,18H,5-7H2,1-2H3,(H2,13,15). The van der Waals surface area contributed by atoms with E-state index < -0.39 is 4.92 Å². The van der Waals surface area contributed by atoms with E-state index in [1.165, 1.54) is 6.07 Å². The molecule has 1 aromatic rings. The first-order valence-electron chi connectivity index (χ1n) is 6.36. The fourth-order valence-corrected chi connectivity index (χ4v) is 3.32. The fourth-order valence-electron chi connectivity index (χ4n) is 2.21. The third-order valence-corrected chi connectivity index (χ3v) is 4.45. The van der Waals surface area contributed by atoms with Gasteiger partial charge < -0.3 is 15.8 Å². The van der Waals surface area contributed by atoms with Crippen molar-refractivity contribution in [3.05, 3.63) is 27.9 Å². The molecule has 0 radical (unpaired) electrons. The highest BCUT2D eigenvalue weighted by atomic mass is 32.2. The topological polar surface area (TPSA) is 118 Å². The second kappa shape index (κ2) is 5.76. The molecule has 0 aromatic carbocycles. The Morgan fingerprint density at radius 2 is 2.33 bits per heavy atom. The first-order valence-corrected chi connectivity index (χ1v) is 7.35. The zero-order chi connectivity index (χ0) is 15.6. The van der Waals surface area contributed by atoms with Crippen molar-refractivity contribution in [3.63, 3.8) is 0 Å². The molecule has 1 aliphatic rings. The monoisotopic (exact) mass is 311 g/mol. The van der Waals surface area contributed by atoms with Crippen LogP contribution in [0.15, 0.2) is 17.3 Å². The van der Waals surface area contributed by atoms with Crippen LogP contribution >= 0.6 is 11.8 Å². The Hall–Kier alpha value is -2.03. The minimum absolute atomic E-state index is 0.0818. The smallest absolute Gasteiger partial charge is 0.298 e. The number of hydrogen-bond donors (Lipinski definition) is 2. The van der Waals surface area contributed by atoms with E-state index in [1.807, 2.05) is 16.7 Å². The summed E-state index contributed by atoms with van der Waals surface area (Å²) in [5, 5.41) is 22.6. The van der Waals surface area contributed by atoms with Crippen molar-refractivity contribution in [2.75, 3.05) is 23.7 Å². The van der Waals surface area contributed by atoms with E-state index in [2.05, 4.69) is 24.0 Å². The molecule has 114 valence electrons. The molecule has 2 rings (SSSR count). The molecule has 1 fully saturated rings. The molecule has 0 unspecified atom stereocenters. The van der Waals surface area contributed by atoms with Gasteiger partial charge in [-0.15, -0.1) is 0 Å². The van der Waals surface area contributed by atoms with E-state index in [4.69, 9.17) is 10.9 Å². The maximum atomic E-state index is 11.0. The first kappa shape index (κ1) is 15.4. The Morgan fingerprint density at radius 1 is 1.62 bits per heavy atom. The van der Waals surface area contributed by atoms with Gasteiger partial charge in [-0.3, -0.25) is 10.1 Å². The van der Waals surface area contributed by atoms with E-state index in [1.54, 1.807) is 6.07 Å². The first-order chi connectivity index (χ1) is 9.84. The number of pyridine rings is 1. The van der Waals surface area contributed by atoms with Crippen LogP contribution in [0.4, 0.5) is 11.5 Å². The fraction of sp³-hybridized carbons (Fsp3) is 0.500. The minimum atomic E-state index is -0.597. The predicted octanol–water partition coefficient (Wildman–Crippen LogP) is 1.42. The Kier molecular flexibility index (Phi) is 4.21. The van der Waals surface area contributed by atoms with E-state index in [0.717, 1.165) is 18.8 Å². The summed E-state index contributed by atoms with van der Waals surface area (Å²) in [6.45, 7) is 5.85. The zero-order valence-corrected chi connectivity index (χ0v) is 12.6. The van der Waals surface area contributed by atoms with Crippen LogP contribution in [-0.4, -0.2) is 44.5 Å². The number of amidine groups is 1. The number of nitrogens with two attached hydrogens (primary N) is 1. The molecule has 9 heteroatoms. The third kappa shape index (κ3) is 3.35. The van der Waals surface area contributed by atoms with Crippen molar-refractivity contribution in [3.8, 4) is 0 Å². The Labute approximate surface area is 126 Å². The van der Waals surface area contributed by atoms with Crippen LogP contribution in [0.25, 0.3) is 0 Å². The molecule has 8 nitrogen and oxygen atoms in total. The molecule has 0 aliphatic carbocycles. The Balaban J connectivity index is 2.40. The van der Waals surface area contributed by atoms with Gasteiger partial charge in [0.25, 0.3) is 5.69 Å². The highest BCUT2D eigenvalue weighted by Crippen LogP contribution is 2.32. The average molecular weight is 311 g/mol. The lowest BCUT2D eigenvalue weighted by atomic mass is 10.2. The second-order valence-corrected chi connectivity index (χ2v) is 7.11. The molecule has 0 atom stereocenters. The van der Waals surface area contributed by atoms with Gasteiger partial charge in [-0.25, -0.2) is 4.98 Å². The Bertz CT molecular complexity index is 590. The van der Waals surface area contributed by atoms with Gasteiger partial charge in [-0.2, -0.15) is 11.8 Å². The molecular weight excluding hydrogens is 294 g/mol. The number of rotatable bonds is 3. The normalized spacial score (nSPS) is 18.6. The van der Waals surface area contributed by atoms with Crippen molar-refractivity contribution in [2.45, 2.75) is 18.6 Å². The Morgan fingerprint density at radius 3 is 2.90 bits per heavy atom. The lowest BCUT2D eigenvalue weighted by Crippen LogP contribution is -2.43. The molecule has 0 saturated carbocycles. The van der Waals surface area contributed by atoms with Crippen molar-refractivity contribution in [1.29, 1.82) is 0 Å². The minimum Gasteiger partial charge on any atom is -0.409 e. The number of nitro groups is 1. The van der Waals surface area contributed by atoms with E-state index in [0.29, 0.717) is 5.82 Å². The molecular formula is C12H17N5O3S. The molecule has 0 spiro atoms. The van der Waals surface area contributed by atoms with Gasteiger partial charge in [0.15, 0.2) is 11.5 Å². The molecule has 1 saturated heterocycles. The summed E-state index contributed by atoms with van der Waals surface area (Å²) in [7, 11) is 0. The largest absolute Gasteiger partial charge is 0.409 e. The summed E-state index contributed by atoms with van der Waals surface area (Å²) in [6, 6.07) is 2.93. The lowest BCUT2D eigenvalue weighted by molar-refractivity contribution is -0.385. The van der Waals surface area contributed by atoms with Gasteiger partial charge in [0.1, 0.15) is 5.82 Å². The zero-order valence-electron chi connectivity index (χ0n) is 11.8. The highest BCUT2D eigenvalue weighted by molar-refractivity contribution is 8.00. The van der Waals surface area contributed by atoms with Gasteiger partial charge >= 0.3 is 0 Å². The van der Waals surface area contributed by atoms with E-state index >= 15 is 0 Å². The molecule has 0 amide bonds. The maximum absolute atomic E-state index is 11.0. The summed E-state index contributed by atoms with van der Waals surface area (Å²) in [4.78, 5) is 16.7. The van der Waals surface area contributed by atoms with Crippen LogP contribution < -0.4 is 10.6 Å². The molecule has 2 heterocycles. The third-order valence-electron chi connectivity index (χ3n) is 3.16. The SMILES string of the molecule is CC1(C)CN(c2ccc([N+](=O)[O-])c(/C(N)=N/O)n2)CCS1. The van der Waals surface area contributed by atoms with Crippen LogP contribution in [0.2, 0.25) is 0 Å². The molecule has 1 aromatic heterocycles. The molecule has 0 bridgehead atoms. The predicted molar refractivity (Wildman–Crippen MR) is 82.2 cm³/mol. The van der Waals surface area contributed by atoms with Crippen LogP contribution in [0.3, 0.4) is 0 Å². The number of hydrogen-bond acceptors (Lipinski definition) is 7. The maximum Gasteiger partial charge on any atom is 0.298 e. The summed E-state index contributed by atoms with van der Waals surface area (Å²) >= 11 is 1.88. The number of thioether (sulfide) groups is 1. The molecule has 1 aliphatic heterocycles. The molecule has 21 heavy (non-hydrogen) atoms. The summed E-state index contributed by atoms with van der Waals surface area (Å²) in [5.74, 6) is 1.18. The highest BCUT2D eigenvalue weighted by Gasteiger charge is 2.29. The summed E-state index contributed by atoms with van der Waals surface area (Å²) in [5.41, 5.74) is 5.10. The van der Waals surface area contributed by atoms with E-state index in [9.17, 15) is 10.1 Å². The average Bonchev–Trinajstić information content (AvgIpc) is 2.44. The number of anilines is 1. The second-order valence-electron chi connectivity index (χ2n) is 5.31. The molecule has 3 N–H and O–H groups in total. The van der Waals surface area contributed by atoms with Crippen molar-refractivity contribution in [1.82, 2.24) is 4.98 Å². The van der Waals surface area contributed by atoms with Crippen LogP contribution in [0.5, 0.6) is 0 Å². The van der Waals surface area contributed by atoms with E-state index in [-0.39, 0.29) is 22.0 Å². The quantitative estimate of drug-likeness (QED) is 0.285. The van der Waals surface area contributed by atoms with Crippen LogP contribution in [0.1, 0.15) is 19.5 Å². The van der Waals surface area contributed by atoms with Crippen molar-refractivity contribution >= 4 is 29.1 Å². The number of nitrogens with zero attached hydrogens (tertiary/aromatic N) is 4. The van der Waals surface area contributed by atoms with Crippen LogP contribution in [-0.2, 0) is 0 Å². The van der Waals surface area contributed by atoms with Crippen molar-refractivity contribution < 1.29 is 10.1 Å².